The van der Waals surface area contributed by atoms with Crippen LogP contribution in [-0.2, 0) is 45.1 Å². The normalized spacial score (nSPS) is 25.7. The van der Waals surface area contributed by atoms with Crippen molar-refractivity contribution in [2.24, 2.45) is 0 Å². The van der Waals surface area contributed by atoms with Crippen LogP contribution in [0.3, 0.4) is 0 Å². The Morgan fingerprint density at radius 3 is 2.63 bits per heavy atom. The number of rotatable bonds is 5. The zero-order valence-electron chi connectivity index (χ0n) is 21.3. The lowest BCUT2D eigenvalue weighted by Crippen LogP contribution is -2.55. The molecule has 2 bridgehead atoms. The number of nitrogens with zero attached hydrogens (tertiary/aromatic N) is 4. The monoisotopic (exact) mass is 525 g/mol. The summed E-state index contributed by atoms with van der Waals surface area (Å²) in [6, 6.07) is 6.22. The average molecular weight is 526 g/mol. The number of aromatic nitrogens is 3. The first kappa shape index (κ1) is 26.3. The molecule has 4 heterocycles. The standard InChI is InChI=1S/C26H35N7O5/c34-8-7-32-15-20(30-31-32)12-22-25(36)27-14-18-4-2-1-3-17(18)11-24(35)28-19-13-23(26(37)29-22)33(16-19)21-5-9-38-10-6-21/h1-4,15,19,21-23,34H,5-14,16H2,(H,27,36)(H,28,35)(H,29,37)/t19-,22-,23+/m1/s1. The van der Waals surface area contributed by atoms with Crippen molar-refractivity contribution in [1.29, 1.82) is 0 Å². The number of fused-ring (bicyclic) bond motifs is 3. The SMILES string of the molecule is O=C1Cc2ccccc2CNC(=O)[C@@H](Cc2cn(CCO)nn2)NC(=O)[C@@H]2C[C@H](CN2C2CCOCC2)N1. The van der Waals surface area contributed by atoms with Gasteiger partial charge in [0.25, 0.3) is 0 Å². The van der Waals surface area contributed by atoms with Gasteiger partial charge < -0.3 is 25.8 Å². The molecule has 2 fully saturated rings. The molecule has 3 atom stereocenters. The van der Waals surface area contributed by atoms with Gasteiger partial charge in [-0.25, -0.2) is 4.68 Å². The van der Waals surface area contributed by atoms with Crippen molar-refractivity contribution >= 4 is 17.7 Å². The third-order valence-corrected chi connectivity index (χ3v) is 7.55. The molecule has 5 rings (SSSR count). The van der Waals surface area contributed by atoms with Gasteiger partial charge in [-0.15, -0.1) is 5.10 Å². The summed E-state index contributed by atoms with van der Waals surface area (Å²) >= 11 is 0. The average Bonchev–Trinajstić information content (AvgIpc) is 3.54. The number of hydrogen-bond donors (Lipinski definition) is 4. The fourth-order valence-electron chi connectivity index (χ4n) is 5.63. The van der Waals surface area contributed by atoms with E-state index >= 15 is 0 Å². The Labute approximate surface area is 221 Å². The number of aliphatic hydroxyl groups is 1. The van der Waals surface area contributed by atoms with Crippen LogP contribution in [-0.4, -0.2) is 93.3 Å². The number of carbonyl (C=O) groups excluding carboxylic acids is 3. The Morgan fingerprint density at radius 1 is 1.05 bits per heavy atom. The second-order valence-corrected chi connectivity index (χ2v) is 10.2. The van der Waals surface area contributed by atoms with E-state index in [1.165, 1.54) is 4.68 Å². The van der Waals surface area contributed by atoms with E-state index in [0.717, 1.165) is 24.0 Å². The van der Waals surface area contributed by atoms with Crippen molar-refractivity contribution in [1.82, 2.24) is 35.8 Å². The summed E-state index contributed by atoms with van der Waals surface area (Å²) < 4.78 is 7.04. The fraction of sp³-hybridized carbons (Fsp3) is 0.577. The highest BCUT2D eigenvalue weighted by Gasteiger charge is 2.42. The Balaban J connectivity index is 1.42. The molecule has 0 spiro atoms. The molecule has 2 aromatic rings. The molecule has 38 heavy (non-hydrogen) atoms. The number of hydrogen-bond acceptors (Lipinski definition) is 8. The van der Waals surface area contributed by atoms with Gasteiger partial charge in [-0.2, -0.15) is 0 Å². The Kier molecular flexibility index (Phi) is 8.30. The third kappa shape index (κ3) is 6.20. The molecule has 0 saturated carbocycles. The van der Waals surface area contributed by atoms with Crippen LogP contribution in [0.15, 0.2) is 30.5 Å². The maximum absolute atomic E-state index is 13.7. The Morgan fingerprint density at radius 2 is 1.84 bits per heavy atom. The first-order valence-corrected chi connectivity index (χ1v) is 13.3. The van der Waals surface area contributed by atoms with Gasteiger partial charge in [0.2, 0.25) is 17.7 Å². The van der Waals surface area contributed by atoms with Gasteiger partial charge in [0.05, 0.1) is 31.3 Å². The van der Waals surface area contributed by atoms with Gasteiger partial charge in [-0.3, -0.25) is 19.3 Å². The summed E-state index contributed by atoms with van der Waals surface area (Å²) in [5.74, 6) is -0.671. The molecule has 0 aliphatic carbocycles. The highest BCUT2D eigenvalue weighted by atomic mass is 16.5. The molecule has 1 aromatic carbocycles. The second-order valence-electron chi connectivity index (χ2n) is 10.2. The minimum atomic E-state index is -0.859. The molecular formula is C26H35N7O5. The van der Waals surface area contributed by atoms with E-state index in [2.05, 4.69) is 31.2 Å². The molecule has 12 nitrogen and oxygen atoms in total. The smallest absolute Gasteiger partial charge is 0.243 e. The van der Waals surface area contributed by atoms with E-state index in [9.17, 15) is 19.5 Å². The molecule has 4 N–H and O–H groups in total. The fourth-order valence-corrected chi connectivity index (χ4v) is 5.63. The van der Waals surface area contributed by atoms with Crippen LogP contribution in [0, 0.1) is 0 Å². The third-order valence-electron chi connectivity index (χ3n) is 7.55. The lowest BCUT2D eigenvalue weighted by atomic mass is 10.0. The van der Waals surface area contributed by atoms with E-state index in [0.29, 0.717) is 38.4 Å². The molecule has 12 heteroatoms. The van der Waals surface area contributed by atoms with E-state index in [1.807, 2.05) is 24.3 Å². The number of benzene rings is 1. The van der Waals surface area contributed by atoms with Crippen LogP contribution in [0.5, 0.6) is 0 Å². The van der Waals surface area contributed by atoms with Crippen LogP contribution in [0.1, 0.15) is 36.1 Å². The van der Waals surface area contributed by atoms with E-state index in [1.54, 1.807) is 6.20 Å². The topological polar surface area (TPSA) is 151 Å². The number of amides is 3. The van der Waals surface area contributed by atoms with E-state index in [4.69, 9.17) is 4.74 Å². The minimum Gasteiger partial charge on any atom is -0.394 e. The van der Waals surface area contributed by atoms with Gasteiger partial charge in [-0.1, -0.05) is 29.5 Å². The quantitative estimate of drug-likeness (QED) is 0.385. The number of aliphatic hydroxyl groups excluding tert-OH is 1. The van der Waals surface area contributed by atoms with Crippen molar-refractivity contribution in [3.63, 3.8) is 0 Å². The molecule has 3 aliphatic heterocycles. The summed E-state index contributed by atoms with van der Waals surface area (Å²) in [5, 5.41) is 26.4. The van der Waals surface area contributed by atoms with Crippen molar-refractivity contribution in [3.8, 4) is 0 Å². The van der Waals surface area contributed by atoms with Crippen molar-refractivity contribution in [2.45, 2.75) is 69.4 Å². The maximum Gasteiger partial charge on any atom is 0.243 e. The Bertz CT molecular complexity index is 1150. The number of ether oxygens (including phenoxy) is 1. The van der Waals surface area contributed by atoms with E-state index < -0.39 is 12.1 Å². The summed E-state index contributed by atoms with van der Waals surface area (Å²) in [6.45, 7) is 2.29. The summed E-state index contributed by atoms with van der Waals surface area (Å²) in [5.41, 5.74) is 2.24. The lowest BCUT2D eigenvalue weighted by molar-refractivity contribution is -0.132. The molecule has 0 radical (unpaired) electrons. The summed E-state index contributed by atoms with van der Waals surface area (Å²) in [6.07, 6.45) is 4.14. The highest BCUT2D eigenvalue weighted by Crippen LogP contribution is 2.26. The molecular weight excluding hydrogens is 490 g/mol. The Hall–Kier alpha value is -3.35. The van der Waals surface area contributed by atoms with Gasteiger partial charge in [0.15, 0.2) is 0 Å². The van der Waals surface area contributed by atoms with Gasteiger partial charge >= 0.3 is 0 Å². The minimum absolute atomic E-state index is 0.0791. The van der Waals surface area contributed by atoms with Crippen LogP contribution in [0.4, 0.5) is 0 Å². The van der Waals surface area contributed by atoms with Crippen LogP contribution in [0.2, 0.25) is 0 Å². The van der Waals surface area contributed by atoms with Crippen molar-refractivity contribution in [2.75, 3.05) is 26.4 Å². The largest absolute Gasteiger partial charge is 0.394 e. The molecule has 1 aromatic heterocycles. The first-order valence-electron chi connectivity index (χ1n) is 13.3. The second kappa shape index (κ2) is 12.0. The van der Waals surface area contributed by atoms with Gasteiger partial charge in [0.1, 0.15) is 6.04 Å². The number of carbonyl (C=O) groups is 3. The maximum atomic E-state index is 13.7. The van der Waals surface area contributed by atoms with Crippen molar-refractivity contribution in [3.05, 3.63) is 47.3 Å². The molecule has 204 valence electrons. The molecule has 3 aliphatic rings. The first-order chi connectivity index (χ1) is 18.5. The zero-order valence-corrected chi connectivity index (χ0v) is 21.3. The van der Waals surface area contributed by atoms with Crippen LogP contribution < -0.4 is 16.0 Å². The predicted molar refractivity (Wildman–Crippen MR) is 136 cm³/mol. The van der Waals surface area contributed by atoms with Crippen LogP contribution in [0.25, 0.3) is 0 Å². The molecule has 3 amide bonds. The highest BCUT2D eigenvalue weighted by molar-refractivity contribution is 5.90. The zero-order chi connectivity index (χ0) is 26.5. The lowest BCUT2D eigenvalue weighted by Gasteiger charge is -2.35. The predicted octanol–water partition coefficient (Wildman–Crippen LogP) is -1.09. The molecule has 2 saturated heterocycles. The van der Waals surface area contributed by atoms with E-state index in [-0.39, 0.29) is 55.8 Å². The summed E-state index contributed by atoms with van der Waals surface area (Å²) in [4.78, 5) is 42.2. The van der Waals surface area contributed by atoms with Gasteiger partial charge in [0, 0.05) is 51.0 Å². The number of likely N-dealkylation sites (tertiary alicyclic amines) is 1. The molecule has 0 unspecified atom stereocenters. The van der Waals surface area contributed by atoms with Crippen molar-refractivity contribution < 1.29 is 24.2 Å². The van der Waals surface area contributed by atoms with Gasteiger partial charge in [-0.05, 0) is 30.4 Å². The number of nitrogens with one attached hydrogen (secondary N) is 3. The summed E-state index contributed by atoms with van der Waals surface area (Å²) in [7, 11) is 0. The van der Waals surface area contributed by atoms with Crippen LogP contribution >= 0.6 is 0 Å².